The molecule has 2 aliphatic rings. The summed E-state index contributed by atoms with van der Waals surface area (Å²) >= 11 is 0. The van der Waals surface area contributed by atoms with Crippen molar-refractivity contribution in [2.24, 2.45) is 10.9 Å². The van der Waals surface area contributed by atoms with Crippen molar-refractivity contribution >= 4 is 11.6 Å². The van der Waals surface area contributed by atoms with E-state index in [1.807, 2.05) is 6.07 Å². The van der Waals surface area contributed by atoms with Gasteiger partial charge in [-0.25, -0.2) is 0 Å². The van der Waals surface area contributed by atoms with E-state index >= 15 is 0 Å². The van der Waals surface area contributed by atoms with E-state index in [1.165, 1.54) is 25.9 Å². The van der Waals surface area contributed by atoms with Crippen molar-refractivity contribution in [2.75, 3.05) is 65.4 Å². The van der Waals surface area contributed by atoms with Crippen molar-refractivity contribution in [2.45, 2.75) is 32.2 Å². The Balaban J connectivity index is 1.57. The first-order valence-electron chi connectivity index (χ1n) is 10.8. The van der Waals surface area contributed by atoms with Gasteiger partial charge < -0.3 is 29.9 Å². The van der Waals surface area contributed by atoms with Crippen molar-refractivity contribution in [1.82, 2.24) is 15.5 Å². The van der Waals surface area contributed by atoms with Crippen LogP contribution in [0.25, 0.3) is 0 Å². The lowest BCUT2D eigenvalue weighted by Crippen LogP contribution is -2.45. The maximum absolute atomic E-state index is 5.42. The molecule has 0 saturated carbocycles. The van der Waals surface area contributed by atoms with E-state index in [9.17, 15) is 0 Å². The van der Waals surface area contributed by atoms with E-state index < -0.39 is 0 Å². The lowest BCUT2D eigenvalue weighted by atomic mass is 9.97. The Kier molecular flexibility index (Phi) is 7.86. The number of anilines is 1. The first kappa shape index (κ1) is 21.6. The molecule has 0 amide bonds. The van der Waals surface area contributed by atoms with Crippen molar-refractivity contribution in [3.05, 3.63) is 18.2 Å². The number of benzene rings is 1. The summed E-state index contributed by atoms with van der Waals surface area (Å²) in [7, 11) is 5.58. The van der Waals surface area contributed by atoms with Gasteiger partial charge in [0.05, 0.1) is 14.2 Å². The van der Waals surface area contributed by atoms with E-state index in [4.69, 9.17) is 14.5 Å². The summed E-state index contributed by atoms with van der Waals surface area (Å²) < 4.78 is 10.8. The number of rotatable bonds is 7. The van der Waals surface area contributed by atoms with Crippen LogP contribution in [0.2, 0.25) is 0 Å². The molecule has 0 bridgehead atoms. The summed E-state index contributed by atoms with van der Waals surface area (Å²) in [5.74, 6) is 3.29. The average Bonchev–Trinajstić information content (AvgIpc) is 3.21. The van der Waals surface area contributed by atoms with Crippen LogP contribution in [0.1, 0.15) is 26.2 Å². The second-order valence-corrected chi connectivity index (χ2v) is 8.11. The average molecular weight is 404 g/mol. The van der Waals surface area contributed by atoms with Gasteiger partial charge in [-0.1, -0.05) is 0 Å². The Bertz CT molecular complexity index is 651. The summed E-state index contributed by atoms with van der Waals surface area (Å²) in [6.07, 6.45) is 3.57. The minimum Gasteiger partial charge on any atom is -0.497 e. The molecule has 0 spiro atoms. The Morgan fingerprint density at radius 1 is 1.07 bits per heavy atom. The van der Waals surface area contributed by atoms with Crippen molar-refractivity contribution < 1.29 is 9.47 Å². The molecule has 7 heteroatoms. The molecular formula is C22H37N5O2. The van der Waals surface area contributed by atoms with Gasteiger partial charge in [-0.15, -0.1) is 0 Å². The molecule has 2 saturated heterocycles. The van der Waals surface area contributed by atoms with Gasteiger partial charge in [0.25, 0.3) is 0 Å². The molecule has 0 aromatic heterocycles. The zero-order valence-corrected chi connectivity index (χ0v) is 18.4. The predicted molar refractivity (Wildman–Crippen MR) is 119 cm³/mol. The van der Waals surface area contributed by atoms with E-state index in [0.717, 1.165) is 55.7 Å². The fraction of sp³-hybridized carbons (Fsp3) is 0.682. The van der Waals surface area contributed by atoms with Gasteiger partial charge in [-0.3, -0.25) is 4.99 Å². The molecule has 29 heavy (non-hydrogen) atoms. The molecule has 0 radical (unpaired) electrons. The number of aliphatic imine (C=N–C) groups is 1. The van der Waals surface area contributed by atoms with Gasteiger partial charge in [0.2, 0.25) is 0 Å². The van der Waals surface area contributed by atoms with Gasteiger partial charge in [0, 0.05) is 56.1 Å². The molecular weight excluding hydrogens is 366 g/mol. The van der Waals surface area contributed by atoms with Gasteiger partial charge in [-0.2, -0.15) is 0 Å². The number of nitrogens with zero attached hydrogens (tertiary/aromatic N) is 3. The number of hydrogen-bond acceptors (Lipinski definition) is 5. The number of methoxy groups -OCH3 is 2. The molecule has 1 unspecified atom stereocenters. The second kappa shape index (κ2) is 10.6. The molecule has 162 valence electrons. The third-order valence-corrected chi connectivity index (χ3v) is 5.92. The summed E-state index contributed by atoms with van der Waals surface area (Å²) in [5.41, 5.74) is 1.14. The Morgan fingerprint density at radius 3 is 2.38 bits per heavy atom. The zero-order chi connectivity index (χ0) is 20.6. The van der Waals surface area contributed by atoms with Gasteiger partial charge in [0.1, 0.15) is 11.5 Å². The molecule has 2 N–H and O–H groups in total. The summed E-state index contributed by atoms with van der Waals surface area (Å²) in [6.45, 7) is 8.22. The Hall–Kier alpha value is -2.15. The first-order valence-corrected chi connectivity index (χ1v) is 10.8. The molecule has 2 aliphatic heterocycles. The van der Waals surface area contributed by atoms with Gasteiger partial charge in [0.15, 0.2) is 5.96 Å². The highest BCUT2D eigenvalue weighted by Crippen LogP contribution is 2.30. The smallest absolute Gasteiger partial charge is 0.191 e. The van der Waals surface area contributed by atoms with Crippen LogP contribution >= 0.6 is 0 Å². The predicted octanol–water partition coefficient (Wildman–Crippen LogP) is 2.18. The van der Waals surface area contributed by atoms with Crippen LogP contribution in [-0.4, -0.2) is 77.4 Å². The lowest BCUT2D eigenvalue weighted by Gasteiger charge is -2.28. The topological polar surface area (TPSA) is 61.4 Å². The third-order valence-electron chi connectivity index (χ3n) is 5.92. The van der Waals surface area contributed by atoms with Gasteiger partial charge >= 0.3 is 0 Å². The van der Waals surface area contributed by atoms with Crippen molar-refractivity contribution in [1.29, 1.82) is 0 Å². The van der Waals surface area contributed by atoms with Crippen LogP contribution < -0.4 is 25.0 Å². The van der Waals surface area contributed by atoms with Crippen LogP contribution in [-0.2, 0) is 0 Å². The fourth-order valence-corrected chi connectivity index (χ4v) is 4.07. The quantitative estimate of drug-likeness (QED) is 0.538. The molecule has 1 aromatic rings. The molecule has 1 aromatic carbocycles. The maximum atomic E-state index is 5.42. The number of piperidine rings is 1. The van der Waals surface area contributed by atoms with Crippen molar-refractivity contribution in [3.8, 4) is 11.5 Å². The standard InChI is InChI=1S/C22H37N5O2/c1-5-23-22(24-15-17-6-9-26(2)10-7-17)25-18-8-11-27(16-18)19-12-20(28-3)14-21(13-19)29-4/h12-14,17-18H,5-11,15-16H2,1-4H3,(H2,23,24,25). The van der Waals surface area contributed by atoms with Crippen LogP contribution in [0.4, 0.5) is 5.69 Å². The molecule has 2 fully saturated rings. The Labute approximate surface area is 175 Å². The summed E-state index contributed by atoms with van der Waals surface area (Å²) in [6, 6.07) is 6.44. The largest absolute Gasteiger partial charge is 0.497 e. The molecule has 1 atom stereocenters. The number of hydrogen-bond donors (Lipinski definition) is 2. The minimum absolute atomic E-state index is 0.377. The second-order valence-electron chi connectivity index (χ2n) is 8.11. The normalized spacial score (nSPS) is 21.3. The molecule has 7 nitrogen and oxygen atoms in total. The first-order chi connectivity index (χ1) is 14.1. The monoisotopic (exact) mass is 403 g/mol. The number of guanidine groups is 1. The molecule has 3 rings (SSSR count). The maximum Gasteiger partial charge on any atom is 0.191 e. The third kappa shape index (κ3) is 6.16. The molecule has 2 heterocycles. The fourth-order valence-electron chi connectivity index (χ4n) is 4.07. The van der Waals surface area contributed by atoms with E-state index in [-0.39, 0.29) is 0 Å². The summed E-state index contributed by atoms with van der Waals surface area (Å²) in [4.78, 5) is 9.68. The summed E-state index contributed by atoms with van der Waals surface area (Å²) in [5, 5.41) is 7.07. The van der Waals surface area contributed by atoms with Crippen molar-refractivity contribution in [3.63, 3.8) is 0 Å². The highest BCUT2D eigenvalue weighted by molar-refractivity contribution is 5.80. The van der Waals surface area contributed by atoms with Crippen LogP contribution in [0.5, 0.6) is 11.5 Å². The zero-order valence-electron chi connectivity index (χ0n) is 18.4. The van der Waals surface area contributed by atoms with E-state index in [2.05, 4.69) is 46.5 Å². The number of nitrogens with one attached hydrogen (secondary N) is 2. The van der Waals surface area contributed by atoms with E-state index in [1.54, 1.807) is 14.2 Å². The van der Waals surface area contributed by atoms with Crippen LogP contribution in [0.15, 0.2) is 23.2 Å². The minimum atomic E-state index is 0.377. The number of ether oxygens (including phenoxy) is 2. The lowest BCUT2D eigenvalue weighted by molar-refractivity contribution is 0.223. The molecule has 0 aliphatic carbocycles. The van der Waals surface area contributed by atoms with Crippen LogP contribution in [0, 0.1) is 5.92 Å². The van der Waals surface area contributed by atoms with Crippen LogP contribution in [0.3, 0.4) is 0 Å². The Morgan fingerprint density at radius 2 is 1.76 bits per heavy atom. The highest BCUT2D eigenvalue weighted by Gasteiger charge is 2.24. The SMILES string of the molecule is CCNC(=NCC1CCN(C)CC1)NC1CCN(c2cc(OC)cc(OC)c2)C1. The highest BCUT2D eigenvalue weighted by atomic mass is 16.5. The number of likely N-dealkylation sites (tertiary alicyclic amines) is 1. The van der Waals surface area contributed by atoms with Gasteiger partial charge in [-0.05, 0) is 52.2 Å². The van der Waals surface area contributed by atoms with E-state index in [0.29, 0.717) is 12.0 Å².